The van der Waals surface area contributed by atoms with Crippen LogP contribution in [0, 0.1) is 0 Å². The normalized spacial score (nSPS) is 12.4. The molecule has 0 saturated carbocycles. The lowest BCUT2D eigenvalue weighted by molar-refractivity contribution is -0.137. The molecule has 1 heterocycles. The van der Waals surface area contributed by atoms with E-state index in [-0.39, 0.29) is 10.8 Å². The zero-order valence-corrected chi connectivity index (χ0v) is 13.9. The maximum atomic E-state index is 12.6. The minimum absolute atomic E-state index is 0.0641. The summed E-state index contributed by atoms with van der Waals surface area (Å²) in [6.45, 7) is 1.80. The highest BCUT2D eigenvalue weighted by atomic mass is 35.5. The van der Waals surface area contributed by atoms with E-state index in [9.17, 15) is 13.2 Å². The van der Waals surface area contributed by atoms with Crippen LogP contribution in [0.2, 0.25) is 5.02 Å². The molecule has 2 aromatic carbocycles. The molecule has 0 aliphatic carbocycles. The minimum Gasteiger partial charge on any atom is -0.260 e. The lowest BCUT2D eigenvalue weighted by atomic mass is 10.0. The third-order valence-electron chi connectivity index (χ3n) is 3.68. The third-order valence-corrected chi connectivity index (χ3v) is 3.97. The van der Waals surface area contributed by atoms with Crippen LogP contribution in [0.4, 0.5) is 19.0 Å². The second-order valence-electron chi connectivity index (χ2n) is 5.39. The summed E-state index contributed by atoms with van der Waals surface area (Å²) in [6.07, 6.45) is -3.77. The van der Waals surface area contributed by atoms with E-state index >= 15 is 0 Å². The number of hydrogen-bond acceptors (Lipinski definition) is 3. The molecule has 7 heteroatoms. The van der Waals surface area contributed by atoms with Gasteiger partial charge in [0.25, 0.3) is 0 Å². The van der Waals surface area contributed by atoms with Crippen LogP contribution in [-0.2, 0) is 6.18 Å². The molecule has 0 aliphatic heterocycles. The first-order valence-electron chi connectivity index (χ1n) is 7.37. The number of benzene rings is 2. The molecule has 0 atom stereocenters. The zero-order chi connectivity index (χ0) is 18.0. The molecular formula is C18H13ClF3N3. The van der Waals surface area contributed by atoms with Crippen LogP contribution >= 0.6 is 11.6 Å². The molecular weight excluding hydrogens is 351 g/mol. The molecule has 25 heavy (non-hydrogen) atoms. The third kappa shape index (κ3) is 3.74. The first-order valence-corrected chi connectivity index (χ1v) is 7.75. The Bertz CT molecular complexity index is 946. The highest BCUT2D eigenvalue weighted by Gasteiger charge is 2.31. The van der Waals surface area contributed by atoms with Crippen LogP contribution in [0.25, 0.3) is 10.8 Å². The van der Waals surface area contributed by atoms with Gasteiger partial charge in [-0.2, -0.15) is 18.3 Å². The van der Waals surface area contributed by atoms with Crippen molar-refractivity contribution in [1.29, 1.82) is 0 Å². The van der Waals surface area contributed by atoms with Crippen LogP contribution in [0.15, 0.2) is 59.8 Å². The molecule has 3 nitrogen and oxygen atoms in total. The number of alkyl halides is 3. The lowest BCUT2D eigenvalue weighted by Gasteiger charge is -2.10. The molecule has 0 aliphatic rings. The highest BCUT2D eigenvalue weighted by molar-refractivity contribution is 6.33. The van der Waals surface area contributed by atoms with Crippen molar-refractivity contribution in [3.8, 4) is 0 Å². The highest BCUT2D eigenvalue weighted by Crippen LogP contribution is 2.32. The van der Waals surface area contributed by atoms with Crippen LogP contribution in [0.1, 0.15) is 18.1 Å². The first-order chi connectivity index (χ1) is 11.9. The van der Waals surface area contributed by atoms with E-state index in [1.165, 1.54) is 0 Å². The second kappa shape index (κ2) is 6.72. The van der Waals surface area contributed by atoms with Gasteiger partial charge in [-0.25, -0.2) is 4.98 Å². The number of hydrazone groups is 1. The fourth-order valence-electron chi connectivity index (χ4n) is 2.41. The Hall–Kier alpha value is -2.60. The molecule has 0 saturated heterocycles. The molecule has 0 radical (unpaired) electrons. The van der Waals surface area contributed by atoms with Crippen molar-refractivity contribution >= 4 is 33.9 Å². The van der Waals surface area contributed by atoms with Crippen molar-refractivity contribution in [3.05, 3.63) is 70.9 Å². The monoisotopic (exact) mass is 363 g/mol. The molecule has 3 aromatic rings. The summed E-state index contributed by atoms with van der Waals surface area (Å²) in [7, 11) is 0. The number of hydrogen-bond donors (Lipinski definition) is 1. The predicted octanol–water partition coefficient (Wildman–Crippen LogP) is 5.74. The van der Waals surface area contributed by atoms with Gasteiger partial charge >= 0.3 is 6.18 Å². The molecule has 0 bridgehead atoms. The molecule has 0 unspecified atom stereocenters. The van der Waals surface area contributed by atoms with E-state index in [4.69, 9.17) is 11.6 Å². The lowest BCUT2D eigenvalue weighted by Crippen LogP contribution is -2.07. The Morgan fingerprint density at radius 2 is 1.84 bits per heavy atom. The molecule has 128 valence electrons. The van der Waals surface area contributed by atoms with Crippen molar-refractivity contribution < 1.29 is 13.2 Å². The molecule has 3 rings (SSSR count). The zero-order valence-electron chi connectivity index (χ0n) is 13.1. The number of fused-ring (bicyclic) bond motifs is 1. The maximum absolute atomic E-state index is 12.6. The molecule has 0 fully saturated rings. The van der Waals surface area contributed by atoms with Crippen molar-refractivity contribution in [3.63, 3.8) is 0 Å². The Balaban J connectivity index is 1.89. The number of anilines is 1. The van der Waals surface area contributed by atoms with E-state index in [1.807, 2.05) is 42.5 Å². The number of aromatic nitrogens is 1. The number of halogens is 4. The Morgan fingerprint density at radius 1 is 1.12 bits per heavy atom. The van der Waals surface area contributed by atoms with Crippen molar-refractivity contribution in [2.45, 2.75) is 13.1 Å². The smallest absolute Gasteiger partial charge is 0.260 e. The Kier molecular flexibility index (Phi) is 4.63. The predicted molar refractivity (Wildman–Crippen MR) is 94.0 cm³/mol. The van der Waals surface area contributed by atoms with Crippen molar-refractivity contribution in [2.24, 2.45) is 5.10 Å². The van der Waals surface area contributed by atoms with Gasteiger partial charge in [0.05, 0.1) is 16.3 Å². The van der Waals surface area contributed by atoms with Gasteiger partial charge in [-0.1, -0.05) is 54.1 Å². The van der Waals surface area contributed by atoms with E-state index in [0.717, 1.165) is 28.6 Å². The van der Waals surface area contributed by atoms with Gasteiger partial charge in [-0.15, -0.1) is 0 Å². The van der Waals surface area contributed by atoms with Gasteiger partial charge in [0, 0.05) is 11.8 Å². The van der Waals surface area contributed by atoms with Crippen LogP contribution in [0.5, 0.6) is 0 Å². The number of pyridine rings is 1. The summed E-state index contributed by atoms with van der Waals surface area (Å²) >= 11 is 5.87. The standard InChI is InChI=1S/C18H13ClF3N3/c1-11(14-8-4-6-12-5-2-3-7-15(12)14)24-25-17-16(19)9-13(10-23-17)18(20,21)22/h2-10H,1H3,(H,23,25)/b24-11+. The van der Waals surface area contributed by atoms with Gasteiger partial charge in [-0.05, 0) is 23.8 Å². The van der Waals surface area contributed by atoms with Gasteiger partial charge in [0.2, 0.25) is 0 Å². The van der Waals surface area contributed by atoms with Crippen LogP contribution < -0.4 is 5.43 Å². The quantitative estimate of drug-likeness (QED) is 0.475. The van der Waals surface area contributed by atoms with Gasteiger partial charge in [0.15, 0.2) is 5.82 Å². The van der Waals surface area contributed by atoms with E-state index in [0.29, 0.717) is 5.71 Å². The number of rotatable bonds is 3. The van der Waals surface area contributed by atoms with Gasteiger partial charge in [-0.3, -0.25) is 5.43 Å². The average molecular weight is 364 g/mol. The average Bonchev–Trinajstić information content (AvgIpc) is 2.59. The van der Waals surface area contributed by atoms with Crippen LogP contribution in [0.3, 0.4) is 0 Å². The first kappa shape index (κ1) is 17.2. The SMILES string of the molecule is C/C(=N\Nc1ncc(C(F)(F)F)cc1Cl)c1cccc2ccccc12. The van der Waals surface area contributed by atoms with E-state index < -0.39 is 11.7 Å². The Morgan fingerprint density at radius 3 is 2.56 bits per heavy atom. The summed E-state index contributed by atoms with van der Waals surface area (Å²) < 4.78 is 37.9. The summed E-state index contributed by atoms with van der Waals surface area (Å²) in [6, 6.07) is 14.5. The van der Waals surface area contributed by atoms with Crippen molar-refractivity contribution in [2.75, 3.05) is 5.43 Å². The maximum Gasteiger partial charge on any atom is 0.417 e. The minimum atomic E-state index is -4.49. The van der Waals surface area contributed by atoms with E-state index in [2.05, 4.69) is 15.5 Å². The molecule has 0 spiro atoms. The van der Waals surface area contributed by atoms with Gasteiger partial charge < -0.3 is 0 Å². The summed E-state index contributed by atoms with van der Waals surface area (Å²) in [5, 5.41) is 6.15. The van der Waals surface area contributed by atoms with Crippen molar-refractivity contribution in [1.82, 2.24) is 4.98 Å². The topological polar surface area (TPSA) is 37.3 Å². The van der Waals surface area contributed by atoms with E-state index in [1.54, 1.807) is 6.92 Å². The number of nitrogens with zero attached hydrogens (tertiary/aromatic N) is 2. The molecule has 1 N–H and O–H groups in total. The summed E-state index contributed by atoms with van der Waals surface area (Å²) in [5.74, 6) is 0.0641. The molecule has 1 aromatic heterocycles. The second-order valence-corrected chi connectivity index (χ2v) is 5.80. The summed E-state index contributed by atoms with van der Waals surface area (Å²) in [5.41, 5.74) is 3.30. The fraction of sp³-hybridized carbons (Fsp3) is 0.111. The Labute approximate surface area is 147 Å². The van der Waals surface area contributed by atoms with Crippen LogP contribution in [-0.4, -0.2) is 10.7 Å². The summed E-state index contributed by atoms with van der Waals surface area (Å²) in [4.78, 5) is 3.70. The largest absolute Gasteiger partial charge is 0.417 e. The number of nitrogens with one attached hydrogen (secondary N) is 1. The van der Waals surface area contributed by atoms with Gasteiger partial charge in [0.1, 0.15) is 0 Å². The fourth-order valence-corrected chi connectivity index (χ4v) is 2.62. The molecule has 0 amide bonds.